The molecule has 0 aliphatic heterocycles. The summed E-state index contributed by atoms with van der Waals surface area (Å²) < 4.78 is 4.60. The van der Waals surface area contributed by atoms with E-state index in [2.05, 4.69) is 11.3 Å². The standard InChI is InChI=1S/C4H8O.Li/c1-3-5-4-2;/h3H,1,4H2,2H3;. The second-order valence-electron chi connectivity index (χ2n) is 0.622. The Balaban J connectivity index is 0. The van der Waals surface area contributed by atoms with Gasteiger partial charge in [0.25, 0.3) is 0 Å². The maximum atomic E-state index is 4.60. The molecule has 0 aromatic heterocycles. The molecule has 0 atom stereocenters. The summed E-state index contributed by atoms with van der Waals surface area (Å²) in [7, 11) is 0. The summed E-state index contributed by atoms with van der Waals surface area (Å²) in [5.41, 5.74) is 0. The van der Waals surface area contributed by atoms with Gasteiger partial charge in [-0.25, -0.2) is 0 Å². The van der Waals surface area contributed by atoms with Crippen LogP contribution in [0.25, 0.3) is 0 Å². The zero-order valence-corrected chi connectivity index (χ0v) is 4.40. The Bertz CT molecular complexity index is 28.7. The van der Waals surface area contributed by atoms with Gasteiger partial charge < -0.3 is 4.74 Å². The van der Waals surface area contributed by atoms with Gasteiger partial charge in [0.2, 0.25) is 0 Å². The van der Waals surface area contributed by atoms with Gasteiger partial charge in [-0.05, 0) is 6.92 Å². The summed E-state index contributed by atoms with van der Waals surface area (Å²) in [5.74, 6) is 0. The van der Waals surface area contributed by atoms with E-state index in [1.807, 2.05) is 6.92 Å². The molecule has 0 heterocycles. The quantitative estimate of drug-likeness (QED) is 0.351. The fourth-order valence-electron chi connectivity index (χ4n) is 0.118. The largest absolute Gasteiger partial charge is 0.502 e. The van der Waals surface area contributed by atoms with Crippen LogP contribution in [0.2, 0.25) is 0 Å². The minimum Gasteiger partial charge on any atom is -0.502 e. The van der Waals surface area contributed by atoms with Gasteiger partial charge in [-0.15, -0.1) is 0 Å². The predicted molar refractivity (Wildman–Crippen MR) is 27.6 cm³/mol. The van der Waals surface area contributed by atoms with Gasteiger partial charge in [0.05, 0.1) is 12.9 Å². The van der Waals surface area contributed by atoms with Gasteiger partial charge in [0, 0.05) is 18.9 Å². The number of ether oxygens (including phenoxy) is 1. The molecule has 0 rings (SSSR count). The molecule has 0 aromatic rings. The van der Waals surface area contributed by atoms with E-state index in [1.54, 1.807) is 0 Å². The molecule has 6 heavy (non-hydrogen) atoms. The number of rotatable bonds is 2. The van der Waals surface area contributed by atoms with Crippen LogP contribution in [0.15, 0.2) is 12.8 Å². The normalized spacial score (nSPS) is 5.50. The molecule has 0 bridgehead atoms. The molecular formula is C4H8LiO. The molecule has 0 saturated heterocycles. The third-order valence-corrected chi connectivity index (χ3v) is 0.285. The Morgan fingerprint density at radius 3 is 2.33 bits per heavy atom. The van der Waals surface area contributed by atoms with Crippen molar-refractivity contribution in [2.45, 2.75) is 6.92 Å². The summed E-state index contributed by atoms with van der Waals surface area (Å²) in [6.07, 6.45) is 1.43. The third-order valence-electron chi connectivity index (χ3n) is 0.285. The van der Waals surface area contributed by atoms with Gasteiger partial charge >= 0.3 is 0 Å². The van der Waals surface area contributed by atoms with E-state index in [9.17, 15) is 0 Å². The van der Waals surface area contributed by atoms with Crippen molar-refractivity contribution in [1.29, 1.82) is 0 Å². The van der Waals surface area contributed by atoms with Gasteiger partial charge in [-0.3, -0.25) is 0 Å². The van der Waals surface area contributed by atoms with Crippen molar-refractivity contribution < 1.29 is 4.74 Å². The second-order valence-corrected chi connectivity index (χ2v) is 0.622. The Labute approximate surface area is 50.6 Å². The van der Waals surface area contributed by atoms with E-state index >= 15 is 0 Å². The van der Waals surface area contributed by atoms with Crippen LogP contribution in [0, 0.1) is 0 Å². The van der Waals surface area contributed by atoms with E-state index in [-0.39, 0.29) is 18.9 Å². The minimum atomic E-state index is 0. The van der Waals surface area contributed by atoms with E-state index in [4.69, 9.17) is 0 Å². The molecule has 0 aliphatic carbocycles. The van der Waals surface area contributed by atoms with Crippen molar-refractivity contribution in [1.82, 2.24) is 0 Å². The Morgan fingerprint density at radius 2 is 2.33 bits per heavy atom. The maximum Gasteiger partial charge on any atom is 0.0844 e. The summed E-state index contributed by atoms with van der Waals surface area (Å²) in [4.78, 5) is 0. The molecule has 0 unspecified atom stereocenters. The molecular weight excluding hydrogens is 71.0 g/mol. The molecule has 0 aromatic carbocycles. The molecule has 0 spiro atoms. The van der Waals surface area contributed by atoms with Crippen LogP contribution in [0.5, 0.6) is 0 Å². The molecule has 31 valence electrons. The molecule has 0 amide bonds. The third kappa shape index (κ3) is 8.91. The van der Waals surface area contributed by atoms with Gasteiger partial charge in [0.15, 0.2) is 0 Å². The van der Waals surface area contributed by atoms with Crippen molar-refractivity contribution in [3.63, 3.8) is 0 Å². The number of hydrogen-bond donors (Lipinski definition) is 0. The summed E-state index contributed by atoms with van der Waals surface area (Å²) in [6.45, 7) is 5.97. The summed E-state index contributed by atoms with van der Waals surface area (Å²) in [6, 6.07) is 0. The average Bonchev–Trinajstić information content (AvgIpc) is 1.41. The Hall–Kier alpha value is 0.137. The molecule has 0 saturated carbocycles. The van der Waals surface area contributed by atoms with Crippen molar-refractivity contribution in [2.24, 2.45) is 0 Å². The van der Waals surface area contributed by atoms with Crippen molar-refractivity contribution in [2.75, 3.05) is 6.61 Å². The van der Waals surface area contributed by atoms with Crippen LogP contribution in [0.4, 0.5) is 0 Å². The van der Waals surface area contributed by atoms with Crippen LogP contribution < -0.4 is 0 Å². The van der Waals surface area contributed by atoms with Gasteiger partial charge in [-0.1, -0.05) is 6.58 Å². The first-order valence-corrected chi connectivity index (χ1v) is 1.64. The maximum absolute atomic E-state index is 4.60. The fraction of sp³-hybridized carbons (Fsp3) is 0.500. The van der Waals surface area contributed by atoms with E-state index in [0.29, 0.717) is 0 Å². The first-order valence-electron chi connectivity index (χ1n) is 1.64. The second kappa shape index (κ2) is 8.93. The Kier molecular flexibility index (Phi) is 14.1. The average molecular weight is 79.0 g/mol. The fourth-order valence-corrected chi connectivity index (χ4v) is 0.118. The SMILES string of the molecule is C=COCC.[Li]. The molecule has 2 heteroatoms. The van der Waals surface area contributed by atoms with Crippen LogP contribution in [0.1, 0.15) is 6.92 Å². The first-order chi connectivity index (χ1) is 2.41. The zero-order valence-electron chi connectivity index (χ0n) is 4.40. The van der Waals surface area contributed by atoms with Crippen molar-refractivity contribution >= 4 is 18.9 Å². The Morgan fingerprint density at radius 1 is 1.83 bits per heavy atom. The van der Waals surface area contributed by atoms with Crippen LogP contribution in [-0.2, 0) is 4.74 Å². The van der Waals surface area contributed by atoms with E-state index < -0.39 is 0 Å². The van der Waals surface area contributed by atoms with Crippen LogP contribution >= 0.6 is 0 Å². The summed E-state index contributed by atoms with van der Waals surface area (Å²) in [5, 5.41) is 0. The van der Waals surface area contributed by atoms with Crippen LogP contribution in [0.3, 0.4) is 0 Å². The number of hydrogen-bond acceptors (Lipinski definition) is 1. The van der Waals surface area contributed by atoms with Gasteiger partial charge in [0.1, 0.15) is 0 Å². The van der Waals surface area contributed by atoms with Crippen LogP contribution in [-0.4, -0.2) is 25.5 Å². The zero-order chi connectivity index (χ0) is 4.12. The van der Waals surface area contributed by atoms with E-state index in [1.165, 1.54) is 6.26 Å². The van der Waals surface area contributed by atoms with Crippen molar-refractivity contribution in [3.05, 3.63) is 12.8 Å². The minimum absolute atomic E-state index is 0. The molecule has 0 fully saturated rings. The molecule has 0 N–H and O–H groups in total. The van der Waals surface area contributed by atoms with Crippen molar-refractivity contribution in [3.8, 4) is 0 Å². The topological polar surface area (TPSA) is 9.23 Å². The van der Waals surface area contributed by atoms with E-state index in [0.717, 1.165) is 6.61 Å². The summed E-state index contributed by atoms with van der Waals surface area (Å²) >= 11 is 0. The molecule has 1 nitrogen and oxygen atoms in total. The first kappa shape index (κ1) is 9.46. The predicted octanol–water partition coefficient (Wildman–Crippen LogP) is 0.786. The smallest absolute Gasteiger partial charge is 0.0844 e. The molecule has 1 radical (unpaired) electrons. The molecule has 0 aliphatic rings. The van der Waals surface area contributed by atoms with Gasteiger partial charge in [-0.2, -0.15) is 0 Å². The monoisotopic (exact) mass is 79.1 g/mol.